The predicted octanol–water partition coefficient (Wildman–Crippen LogP) is 2.75. The van der Waals surface area contributed by atoms with Crippen LogP contribution in [0.2, 0.25) is 0 Å². The number of benzene rings is 1. The van der Waals surface area contributed by atoms with Crippen LogP contribution in [0.15, 0.2) is 79.4 Å². The molecule has 9 heteroatoms. The normalized spacial score (nSPS) is 11.5. The Morgan fingerprint density at radius 3 is 2.82 bits per heavy atom. The van der Waals surface area contributed by atoms with Gasteiger partial charge in [-0.25, -0.2) is 4.98 Å². The molecule has 0 aliphatic heterocycles. The van der Waals surface area contributed by atoms with E-state index < -0.39 is 0 Å². The molecule has 0 fully saturated rings. The van der Waals surface area contributed by atoms with E-state index in [1.54, 1.807) is 6.20 Å². The Morgan fingerprint density at radius 2 is 1.85 bits per heavy atom. The van der Waals surface area contributed by atoms with Gasteiger partial charge in [0.05, 0.1) is 12.1 Å². The van der Waals surface area contributed by atoms with Gasteiger partial charge in [-0.1, -0.05) is 24.3 Å². The average molecular weight is 436 g/mol. The number of para-hydroxylation sites is 1. The number of imidazole rings is 1. The Labute approximate surface area is 188 Å². The largest absolute Gasteiger partial charge is 0.350 e. The zero-order valence-electron chi connectivity index (χ0n) is 17.7. The predicted molar refractivity (Wildman–Crippen MR) is 123 cm³/mol. The van der Waals surface area contributed by atoms with E-state index in [0.29, 0.717) is 25.2 Å². The minimum absolute atomic E-state index is 0.206. The molecule has 5 aromatic heterocycles. The molecule has 0 radical (unpaired) electrons. The van der Waals surface area contributed by atoms with Gasteiger partial charge in [0.2, 0.25) is 0 Å². The standard InChI is InChI=1S/C24H20N8O/c33-24(26-10-8-21-28-27-20-7-3-4-12-31(20)21)23-18-5-1-2-6-19(18)32(29-23)16-17-9-13-30-14-11-25-22(30)15-17/h1-7,9,11-15H,8,10,16H2,(H,26,33). The third kappa shape index (κ3) is 3.49. The first-order valence-corrected chi connectivity index (χ1v) is 10.7. The van der Waals surface area contributed by atoms with Gasteiger partial charge in [-0.2, -0.15) is 5.10 Å². The van der Waals surface area contributed by atoms with Crippen molar-refractivity contribution in [3.8, 4) is 0 Å². The molecule has 0 saturated heterocycles. The van der Waals surface area contributed by atoms with Crippen LogP contribution in [0, 0.1) is 0 Å². The van der Waals surface area contributed by atoms with E-state index in [2.05, 4.69) is 25.6 Å². The van der Waals surface area contributed by atoms with Gasteiger partial charge in [-0.15, -0.1) is 10.2 Å². The highest BCUT2D eigenvalue weighted by Gasteiger charge is 2.17. The molecule has 1 amide bonds. The topological polar surface area (TPSA) is 94.4 Å². The van der Waals surface area contributed by atoms with E-state index in [-0.39, 0.29) is 5.91 Å². The Bertz CT molecular complexity index is 1610. The summed E-state index contributed by atoms with van der Waals surface area (Å²) in [5.41, 5.74) is 4.06. The SMILES string of the molecule is O=C(NCCc1nnc2ccccn12)c1nn(Cc2ccn3ccnc3c2)c2ccccc12. The van der Waals surface area contributed by atoms with E-state index >= 15 is 0 Å². The first-order chi connectivity index (χ1) is 16.3. The molecule has 9 nitrogen and oxygen atoms in total. The van der Waals surface area contributed by atoms with Gasteiger partial charge in [-0.05, 0) is 35.9 Å². The maximum atomic E-state index is 13.0. The van der Waals surface area contributed by atoms with Gasteiger partial charge in [0.25, 0.3) is 5.91 Å². The summed E-state index contributed by atoms with van der Waals surface area (Å²) in [5.74, 6) is 0.596. The van der Waals surface area contributed by atoms with Crippen molar-refractivity contribution in [3.63, 3.8) is 0 Å². The third-order valence-electron chi connectivity index (χ3n) is 5.69. The number of nitrogens with zero attached hydrogens (tertiary/aromatic N) is 7. The summed E-state index contributed by atoms with van der Waals surface area (Å²) < 4.78 is 5.75. The van der Waals surface area contributed by atoms with E-state index in [9.17, 15) is 4.79 Å². The molecule has 1 N–H and O–H groups in total. The molecule has 0 saturated carbocycles. The van der Waals surface area contributed by atoms with E-state index in [4.69, 9.17) is 0 Å². The molecule has 0 unspecified atom stereocenters. The summed E-state index contributed by atoms with van der Waals surface area (Å²) in [4.78, 5) is 17.4. The highest BCUT2D eigenvalue weighted by atomic mass is 16.1. The highest BCUT2D eigenvalue weighted by Crippen LogP contribution is 2.20. The number of pyridine rings is 2. The lowest BCUT2D eigenvalue weighted by Crippen LogP contribution is -2.27. The summed E-state index contributed by atoms with van der Waals surface area (Å²) in [5, 5.41) is 16.8. The van der Waals surface area contributed by atoms with Crippen LogP contribution in [-0.4, -0.2) is 46.2 Å². The molecule has 0 atom stereocenters. The van der Waals surface area contributed by atoms with Gasteiger partial charge in [0.15, 0.2) is 11.3 Å². The number of aromatic nitrogens is 7. The molecular weight excluding hydrogens is 416 g/mol. The van der Waals surface area contributed by atoms with Crippen molar-refractivity contribution in [1.29, 1.82) is 0 Å². The van der Waals surface area contributed by atoms with Gasteiger partial charge in [-0.3, -0.25) is 13.9 Å². The monoisotopic (exact) mass is 436 g/mol. The van der Waals surface area contributed by atoms with Crippen molar-refractivity contribution in [2.75, 3.05) is 6.54 Å². The van der Waals surface area contributed by atoms with Crippen LogP contribution in [0.25, 0.3) is 22.2 Å². The molecule has 5 heterocycles. The van der Waals surface area contributed by atoms with Crippen LogP contribution in [0.1, 0.15) is 21.9 Å². The van der Waals surface area contributed by atoms with Crippen LogP contribution >= 0.6 is 0 Å². The van der Waals surface area contributed by atoms with Crippen LogP contribution in [0.3, 0.4) is 0 Å². The summed E-state index contributed by atoms with van der Waals surface area (Å²) >= 11 is 0. The minimum Gasteiger partial charge on any atom is -0.350 e. The van der Waals surface area contributed by atoms with Gasteiger partial charge >= 0.3 is 0 Å². The number of carbonyl (C=O) groups is 1. The number of rotatable bonds is 6. The number of amides is 1. The van der Waals surface area contributed by atoms with E-state index in [1.165, 1.54) is 0 Å². The Hall–Kier alpha value is -4.53. The van der Waals surface area contributed by atoms with Crippen molar-refractivity contribution in [2.24, 2.45) is 0 Å². The molecule has 33 heavy (non-hydrogen) atoms. The van der Waals surface area contributed by atoms with Crippen molar-refractivity contribution >= 4 is 28.1 Å². The number of carbonyl (C=O) groups excluding carboxylic acids is 1. The fourth-order valence-corrected chi connectivity index (χ4v) is 4.07. The van der Waals surface area contributed by atoms with E-state index in [1.807, 2.05) is 86.7 Å². The van der Waals surface area contributed by atoms with Crippen LogP contribution < -0.4 is 5.32 Å². The molecule has 0 spiro atoms. The Balaban J connectivity index is 1.23. The summed E-state index contributed by atoms with van der Waals surface area (Å²) in [6, 6.07) is 17.6. The smallest absolute Gasteiger partial charge is 0.272 e. The first-order valence-electron chi connectivity index (χ1n) is 10.7. The van der Waals surface area contributed by atoms with Gasteiger partial charge < -0.3 is 9.72 Å². The number of hydrogen-bond donors (Lipinski definition) is 1. The second-order valence-electron chi connectivity index (χ2n) is 7.80. The summed E-state index contributed by atoms with van der Waals surface area (Å²) in [6.45, 7) is 0.981. The molecule has 6 aromatic rings. The van der Waals surface area contributed by atoms with Crippen molar-refractivity contribution < 1.29 is 4.79 Å². The highest BCUT2D eigenvalue weighted by molar-refractivity contribution is 6.04. The van der Waals surface area contributed by atoms with Crippen LogP contribution in [-0.2, 0) is 13.0 Å². The second kappa shape index (κ2) is 7.86. The Kier molecular flexibility index (Phi) is 4.57. The number of nitrogens with one attached hydrogen (secondary N) is 1. The first kappa shape index (κ1) is 19.2. The molecule has 1 aromatic carbocycles. The zero-order chi connectivity index (χ0) is 22.2. The van der Waals surface area contributed by atoms with Crippen molar-refractivity contribution in [2.45, 2.75) is 13.0 Å². The fourth-order valence-electron chi connectivity index (χ4n) is 4.07. The van der Waals surface area contributed by atoms with Crippen LogP contribution in [0.5, 0.6) is 0 Å². The summed E-state index contributed by atoms with van der Waals surface area (Å²) in [7, 11) is 0. The third-order valence-corrected chi connectivity index (χ3v) is 5.69. The average Bonchev–Trinajstić information content (AvgIpc) is 3.57. The molecule has 6 rings (SSSR count). The fraction of sp³-hybridized carbons (Fsp3) is 0.125. The molecular formula is C24H20N8O. The molecule has 162 valence electrons. The molecule has 0 aliphatic rings. The maximum Gasteiger partial charge on any atom is 0.272 e. The maximum absolute atomic E-state index is 13.0. The molecule has 0 bridgehead atoms. The lowest BCUT2D eigenvalue weighted by atomic mass is 10.2. The minimum atomic E-state index is -0.206. The van der Waals surface area contributed by atoms with Crippen molar-refractivity contribution in [3.05, 3.63) is 96.5 Å². The van der Waals surface area contributed by atoms with Crippen LogP contribution in [0.4, 0.5) is 0 Å². The Morgan fingerprint density at radius 1 is 0.939 bits per heavy atom. The number of fused-ring (bicyclic) bond motifs is 3. The number of hydrogen-bond acceptors (Lipinski definition) is 5. The lowest BCUT2D eigenvalue weighted by Gasteiger charge is -2.05. The lowest BCUT2D eigenvalue weighted by molar-refractivity contribution is 0.0949. The van der Waals surface area contributed by atoms with Gasteiger partial charge in [0, 0.05) is 43.1 Å². The van der Waals surface area contributed by atoms with E-state index in [0.717, 1.165) is 33.6 Å². The molecule has 0 aliphatic carbocycles. The van der Waals surface area contributed by atoms with Crippen molar-refractivity contribution in [1.82, 2.24) is 39.1 Å². The second-order valence-corrected chi connectivity index (χ2v) is 7.80. The quantitative estimate of drug-likeness (QED) is 0.433. The van der Waals surface area contributed by atoms with Gasteiger partial charge in [0.1, 0.15) is 11.5 Å². The summed E-state index contributed by atoms with van der Waals surface area (Å²) in [6.07, 6.45) is 8.15. The zero-order valence-corrected chi connectivity index (χ0v) is 17.7.